The van der Waals surface area contributed by atoms with Crippen LogP contribution in [0.25, 0.3) is 11.0 Å². The van der Waals surface area contributed by atoms with E-state index < -0.39 is 0 Å². The number of benzene rings is 1. The predicted molar refractivity (Wildman–Crippen MR) is 74.2 cm³/mol. The highest BCUT2D eigenvalue weighted by Gasteiger charge is 2.27. The SMILES string of the molecule is CC1CCCC(C(N)c2cc3cc(F)ccc3o2)C1. The molecule has 3 heteroatoms. The van der Waals surface area contributed by atoms with Gasteiger partial charge in [-0.1, -0.05) is 19.8 Å². The Balaban J connectivity index is 1.86. The van der Waals surface area contributed by atoms with E-state index in [4.69, 9.17) is 10.2 Å². The van der Waals surface area contributed by atoms with Crippen molar-refractivity contribution >= 4 is 11.0 Å². The van der Waals surface area contributed by atoms with Gasteiger partial charge in [0.2, 0.25) is 0 Å². The van der Waals surface area contributed by atoms with Crippen molar-refractivity contribution in [2.75, 3.05) is 0 Å². The fourth-order valence-electron chi connectivity index (χ4n) is 3.24. The average Bonchev–Trinajstić information content (AvgIpc) is 2.80. The van der Waals surface area contributed by atoms with E-state index >= 15 is 0 Å². The fraction of sp³-hybridized carbons (Fsp3) is 0.500. The van der Waals surface area contributed by atoms with Gasteiger partial charge in [-0.15, -0.1) is 0 Å². The van der Waals surface area contributed by atoms with Gasteiger partial charge in [0.15, 0.2) is 0 Å². The van der Waals surface area contributed by atoms with Gasteiger partial charge in [-0.25, -0.2) is 4.39 Å². The van der Waals surface area contributed by atoms with Gasteiger partial charge >= 0.3 is 0 Å². The number of hydrogen-bond acceptors (Lipinski definition) is 2. The molecule has 3 atom stereocenters. The molecule has 3 unspecified atom stereocenters. The van der Waals surface area contributed by atoms with Gasteiger partial charge in [-0.3, -0.25) is 0 Å². The van der Waals surface area contributed by atoms with Crippen LogP contribution < -0.4 is 5.73 Å². The Labute approximate surface area is 112 Å². The summed E-state index contributed by atoms with van der Waals surface area (Å²) in [5.74, 6) is 1.78. The predicted octanol–water partition coefficient (Wildman–Crippen LogP) is 4.40. The molecule has 0 aliphatic heterocycles. The summed E-state index contributed by atoms with van der Waals surface area (Å²) in [6.45, 7) is 2.28. The lowest BCUT2D eigenvalue weighted by molar-refractivity contribution is 0.233. The summed E-state index contributed by atoms with van der Waals surface area (Å²) in [5.41, 5.74) is 7.06. The highest BCUT2D eigenvalue weighted by molar-refractivity contribution is 5.78. The van der Waals surface area contributed by atoms with Crippen LogP contribution in [0.1, 0.15) is 44.4 Å². The molecule has 0 radical (unpaired) electrons. The molecule has 0 spiro atoms. The quantitative estimate of drug-likeness (QED) is 0.870. The molecule has 1 aliphatic rings. The lowest BCUT2D eigenvalue weighted by atomic mass is 9.78. The van der Waals surface area contributed by atoms with Crippen LogP contribution in [-0.4, -0.2) is 0 Å². The van der Waals surface area contributed by atoms with E-state index in [1.165, 1.54) is 25.0 Å². The molecular weight excluding hydrogens is 241 g/mol. The van der Waals surface area contributed by atoms with E-state index in [0.29, 0.717) is 5.92 Å². The second-order valence-corrected chi connectivity index (χ2v) is 5.89. The third-order valence-corrected chi connectivity index (χ3v) is 4.31. The average molecular weight is 261 g/mol. The lowest BCUT2D eigenvalue weighted by Crippen LogP contribution is -2.25. The Kier molecular flexibility index (Phi) is 3.31. The summed E-state index contributed by atoms with van der Waals surface area (Å²) < 4.78 is 19.0. The molecule has 0 amide bonds. The Hall–Kier alpha value is -1.35. The van der Waals surface area contributed by atoms with E-state index in [2.05, 4.69) is 6.92 Å². The molecule has 2 N–H and O–H groups in total. The molecule has 102 valence electrons. The van der Waals surface area contributed by atoms with Crippen molar-refractivity contribution in [2.24, 2.45) is 17.6 Å². The van der Waals surface area contributed by atoms with Gasteiger partial charge in [0, 0.05) is 5.39 Å². The number of furan rings is 1. The molecule has 1 heterocycles. The van der Waals surface area contributed by atoms with Gasteiger partial charge < -0.3 is 10.2 Å². The molecule has 2 nitrogen and oxygen atoms in total. The minimum atomic E-state index is -0.236. The summed E-state index contributed by atoms with van der Waals surface area (Å²) in [6, 6.07) is 6.41. The van der Waals surface area contributed by atoms with Crippen LogP contribution in [0.2, 0.25) is 0 Å². The Bertz CT molecular complexity index is 577. The first-order valence-electron chi connectivity index (χ1n) is 7.08. The summed E-state index contributed by atoms with van der Waals surface area (Å²) in [6.07, 6.45) is 4.87. The van der Waals surface area contributed by atoms with Crippen LogP contribution in [-0.2, 0) is 0 Å². The van der Waals surface area contributed by atoms with E-state index in [9.17, 15) is 4.39 Å². The van der Waals surface area contributed by atoms with E-state index in [-0.39, 0.29) is 11.9 Å². The summed E-state index contributed by atoms with van der Waals surface area (Å²) >= 11 is 0. The summed E-state index contributed by atoms with van der Waals surface area (Å²) in [4.78, 5) is 0. The van der Waals surface area contributed by atoms with Crippen LogP contribution in [0.5, 0.6) is 0 Å². The van der Waals surface area contributed by atoms with E-state index in [0.717, 1.165) is 35.5 Å². The van der Waals surface area contributed by atoms with Gasteiger partial charge in [0.1, 0.15) is 17.2 Å². The largest absolute Gasteiger partial charge is 0.459 e. The second-order valence-electron chi connectivity index (χ2n) is 5.89. The molecule has 2 aromatic rings. The standard InChI is InChI=1S/C16H20FNO/c1-10-3-2-4-11(7-10)16(18)15-9-12-8-13(17)5-6-14(12)19-15/h5-6,8-11,16H,2-4,7,18H2,1H3. The van der Waals surface area contributed by atoms with Crippen LogP contribution in [0, 0.1) is 17.7 Å². The molecule has 3 rings (SSSR count). The number of fused-ring (bicyclic) bond motifs is 1. The van der Waals surface area contributed by atoms with Crippen molar-refractivity contribution in [3.63, 3.8) is 0 Å². The third-order valence-electron chi connectivity index (χ3n) is 4.31. The van der Waals surface area contributed by atoms with Crippen molar-refractivity contribution in [3.8, 4) is 0 Å². The Morgan fingerprint density at radius 3 is 2.95 bits per heavy atom. The van der Waals surface area contributed by atoms with Gasteiger partial charge in [-0.05, 0) is 48.9 Å². The van der Waals surface area contributed by atoms with Crippen molar-refractivity contribution in [2.45, 2.75) is 38.6 Å². The summed E-state index contributed by atoms with van der Waals surface area (Å²) in [5, 5.41) is 0.800. The number of nitrogens with two attached hydrogens (primary N) is 1. The number of hydrogen-bond donors (Lipinski definition) is 1. The van der Waals surface area contributed by atoms with Crippen molar-refractivity contribution in [1.29, 1.82) is 0 Å². The molecule has 1 saturated carbocycles. The van der Waals surface area contributed by atoms with E-state index in [1.807, 2.05) is 6.07 Å². The third kappa shape index (κ3) is 2.52. The highest BCUT2D eigenvalue weighted by atomic mass is 19.1. The Morgan fingerprint density at radius 2 is 2.16 bits per heavy atom. The molecular formula is C16H20FNO. The molecule has 0 saturated heterocycles. The fourth-order valence-corrected chi connectivity index (χ4v) is 3.24. The molecule has 0 bridgehead atoms. The van der Waals surface area contributed by atoms with Gasteiger partial charge in [-0.2, -0.15) is 0 Å². The molecule has 1 fully saturated rings. The first-order valence-corrected chi connectivity index (χ1v) is 7.08. The first kappa shape index (κ1) is 12.7. The van der Waals surface area contributed by atoms with Crippen molar-refractivity contribution in [3.05, 3.63) is 35.8 Å². The first-order chi connectivity index (χ1) is 9.13. The minimum Gasteiger partial charge on any atom is -0.459 e. The second kappa shape index (κ2) is 4.97. The van der Waals surface area contributed by atoms with Crippen LogP contribution in [0.4, 0.5) is 4.39 Å². The maximum absolute atomic E-state index is 13.2. The smallest absolute Gasteiger partial charge is 0.134 e. The molecule has 1 aromatic carbocycles. The highest BCUT2D eigenvalue weighted by Crippen LogP contribution is 2.37. The molecule has 1 aromatic heterocycles. The monoisotopic (exact) mass is 261 g/mol. The molecule has 19 heavy (non-hydrogen) atoms. The maximum Gasteiger partial charge on any atom is 0.134 e. The maximum atomic E-state index is 13.2. The lowest BCUT2D eigenvalue weighted by Gasteiger charge is -2.30. The summed E-state index contributed by atoms with van der Waals surface area (Å²) in [7, 11) is 0. The molecule has 1 aliphatic carbocycles. The topological polar surface area (TPSA) is 39.2 Å². The number of halogens is 1. The minimum absolute atomic E-state index is 0.0711. The zero-order chi connectivity index (χ0) is 13.4. The zero-order valence-corrected chi connectivity index (χ0v) is 11.2. The Morgan fingerprint density at radius 1 is 1.32 bits per heavy atom. The van der Waals surface area contributed by atoms with Crippen LogP contribution in [0.3, 0.4) is 0 Å². The van der Waals surface area contributed by atoms with Crippen LogP contribution >= 0.6 is 0 Å². The van der Waals surface area contributed by atoms with Crippen molar-refractivity contribution in [1.82, 2.24) is 0 Å². The van der Waals surface area contributed by atoms with Gasteiger partial charge in [0.25, 0.3) is 0 Å². The number of rotatable bonds is 2. The van der Waals surface area contributed by atoms with E-state index in [1.54, 1.807) is 6.07 Å². The van der Waals surface area contributed by atoms with Gasteiger partial charge in [0.05, 0.1) is 6.04 Å². The van der Waals surface area contributed by atoms with Crippen molar-refractivity contribution < 1.29 is 8.81 Å². The zero-order valence-electron chi connectivity index (χ0n) is 11.2. The van der Waals surface area contributed by atoms with Crippen LogP contribution in [0.15, 0.2) is 28.7 Å². The normalized spacial score (nSPS) is 25.6.